The molecule has 0 bridgehead atoms. The highest BCUT2D eigenvalue weighted by atomic mass is 16.6. The molecule has 0 aromatic heterocycles. The zero-order valence-electron chi connectivity index (χ0n) is 21.2. The van der Waals surface area contributed by atoms with Crippen molar-refractivity contribution in [1.29, 1.82) is 0 Å². The fraction of sp³-hybridized carbons (Fsp3) is 0.520. The molecule has 2 unspecified atom stereocenters. The topological polar surface area (TPSA) is 131 Å². The van der Waals surface area contributed by atoms with Gasteiger partial charge in [0.05, 0.1) is 0 Å². The van der Waals surface area contributed by atoms with Crippen molar-refractivity contribution in [3.8, 4) is 0 Å². The zero-order valence-corrected chi connectivity index (χ0v) is 21.2. The minimum Gasteiger partial charge on any atom is -0.444 e. The lowest BCUT2D eigenvalue weighted by Crippen LogP contribution is -2.53. The molecule has 0 aliphatic rings. The molecule has 0 fully saturated rings. The maximum absolute atomic E-state index is 13.5. The fourth-order valence-corrected chi connectivity index (χ4v) is 3.21. The van der Waals surface area contributed by atoms with Gasteiger partial charge in [-0.25, -0.2) is 4.79 Å². The quantitative estimate of drug-likeness (QED) is 0.506. The maximum atomic E-state index is 13.5. The third-order valence-electron chi connectivity index (χ3n) is 4.61. The van der Waals surface area contributed by atoms with Crippen LogP contribution in [0.5, 0.6) is 0 Å². The summed E-state index contributed by atoms with van der Waals surface area (Å²) >= 11 is 0. The normalized spacial score (nSPS) is 13.3. The Morgan fingerprint density at radius 2 is 1.76 bits per heavy atom. The zero-order chi connectivity index (χ0) is 26.3. The number of nitrogens with two attached hydrogens (primary N) is 1. The van der Waals surface area contributed by atoms with E-state index >= 15 is 0 Å². The molecule has 0 radical (unpaired) electrons. The van der Waals surface area contributed by atoms with Gasteiger partial charge in [0.25, 0.3) is 0 Å². The molecule has 1 aromatic rings. The number of ether oxygens (including phenoxy) is 1. The molecule has 1 rings (SSSR count). The van der Waals surface area contributed by atoms with E-state index in [2.05, 4.69) is 17.2 Å². The van der Waals surface area contributed by atoms with E-state index in [-0.39, 0.29) is 12.8 Å². The van der Waals surface area contributed by atoms with Crippen molar-refractivity contribution in [2.75, 3.05) is 7.05 Å². The molecule has 9 heteroatoms. The Balaban J connectivity index is 3.34. The van der Waals surface area contributed by atoms with Gasteiger partial charge < -0.3 is 26.0 Å². The number of carbonyl (C=O) groups excluding carboxylic acids is 4. The summed E-state index contributed by atoms with van der Waals surface area (Å²) in [5, 5.41) is 5.42. The van der Waals surface area contributed by atoms with E-state index < -0.39 is 47.0 Å². The summed E-state index contributed by atoms with van der Waals surface area (Å²) in [5.74, 6) is -1.58. The van der Waals surface area contributed by atoms with Crippen LogP contribution in [0.3, 0.4) is 0 Å². The van der Waals surface area contributed by atoms with Gasteiger partial charge in [-0.2, -0.15) is 0 Å². The molecule has 34 heavy (non-hydrogen) atoms. The summed E-state index contributed by atoms with van der Waals surface area (Å²) in [5.41, 5.74) is 5.29. The second kappa shape index (κ2) is 11.7. The van der Waals surface area contributed by atoms with Crippen LogP contribution < -0.4 is 16.4 Å². The molecule has 2 atom stereocenters. The highest BCUT2D eigenvalue weighted by molar-refractivity contribution is 5.92. The van der Waals surface area contributed by atoms with Crippen LogP contribution in [-0.4, -0.2) is 52.9 Å². The molecule has 0 heterocycles. The highest BCUT2D eigenvalue weighted by Gasteiger charge is 2.35. The first kappa shape index (κ1) is 28.7. The standard InChI is InChI=1S/C25H38N4O5/c1-9-16-11-10-12-17(15-16)20(21(31)28-24(2,3)4)29(8)22(32)18(13-14-19(26)30)27-23(33)34-25(5,6)7/h9-12,15,18,20H,1,13-14H2,2-8H3,(H2,26,30)(H,27,33)(H,28,31). The Morgan fingerprint density at radius 3 is 2.26 bits per heavy atom. The molecule has 0 saturated heterocycles. The summed E-state index contributed by atoms with van der Waals surface area (Å²) < 4.78 is 5.27. The molecule has 4 amide bonds. The molecular formula is C25H38N4O5. The first-order valence-corrected chi connectivity index (χ1v) is 11.1. The average Bonchev–Trinajstić information content (AvgIpc) is 2.67. The molecule has 188 valence electrons. The summed E-state index contributed by atoms with van der Waals surface area (Å²) in [7, 11) is 1.48. The van der Waals surface area contributed by atoms with Crippen LogP contribution in [0.25, 0.3) is 6.08 Å². The molecular weight excluding hydrogens is 436 g/mol. The number of primary amides is 1. The van der Waals surface area contributed by atoms with Gasteiger partial charge in [-0.05, 0) is 65.2 Å². The fourth-order valence-electron chi connectivity index (χ4n) is 3.21. The van der Waals surface area contributed by atoms with Gasteiger partial charge in [-0.15, -0.1) is 0 Å². The first-order chi connectivity index (χ1) is 15.5. The number of likely N-dealkylation sites (N-methyl/N-ethyl adjacent to an activating group) is 1. The maximum Gasteiger partial charge on any atom is 0.408 e. The van der Waals surface area contributed by atoms with Gasteiger partial charge in [-0.1, -0.05) is 30.9 Å². The average molecular weight is 475 g/mol. The smallest absolute Gasteiger partial charge is 0.408 e. The van der Waals surface area contributed by atoms with Crippen LogP contribution in [0.2, 0.25) is 0 Å². The summed E-state index contributed by atoms with van der Waals surface area (Å²) in [6, 6.07) is 4.98. The number of hydrogen-bond acceptors (Lipinski definition) is 5. The second-order valence-electron chi connectivity index (χ2n) is 10.2. The third-order valence-corrected chi connectivity index (χ3v) is 4.61. The van der Waals surface area contributed by atoms with E-state index in [1.54, 1.807) is 45.0 Å². The monoisotopic (exact) mass is 474 g/mol. The number of nitrogens with zero attached hydrogens (tertiary/aromatic N) is 1. The van der Waals surface area contributed by atoms with Gasteiger partial charge in [0.1, 0.15) is 17.7 Å². The number of benzene rings is 1. The van der Waals surface area contributed by atoms with E-state index in [9.17, 15) is 19.2 Å². The molecule has 0 spiro atoms. The molecule has 0 aliphatic heterocycles. The van der Waals surface area contributed by atoms with E-state index in [0.717, 1.165) is 5.56 Å². The Labute approximate surface area is 202 Å². The lowest BCUT2D eigenvalue weighted by molar-refractivity contribution is -0.141. The Kier molecular flexibility index (Phi) is 9.84. The van der Waals surface area contributed by atoms with Crippen LogP contribution in [0.4, 0.5) is 4.79 Å². The minimum atomic E-state index is -1.13. The van der Waals surface area contributed by atoms with Crippen LogP contribution in [0.15, 0.2) is 30.8 Å². The number of alkyl carbamates (subject to hydrolysis) is 1. The molecule has 0 saturated carbocycles. The second-order valence-corrected chi connectivity index (χ2v) is 10.2. The van der Waals surface area contributed by atoms with Crippen molar-refractivity contribution >= 4 is 29.9 Å². The molecule has 1 aromatic carbocycles. The number of nitrogens with one attached hydrogen (secondary N) is 2. The van der Waals surface area contributed by atoms with Crippen molar-refractivity contribution in [1.82, 2.24) is 15.5 Å². The summed E-state index contributed by atoms with van der Waals surface area (Å²) in [6.45, 7) is 14.3. The minimum absolute atomic E-state index is 0.0436. The predicted octanol–water partition coefficient (Wildman–Crippen LogP) is 2.90. The number of amides is 4. The number of hydrogen-bond donors (Lipinski definition) is 3. The SMILES string of the molecule is C=Cc1cccc(C(C(=O)NC(C)(C)C)N(C)C(=O)C(CCC(N)=O)NC(=O)OC(C)(C)C)c1. The van der Waals surface area contributed by atoms with Crippen molar-refractivity contribution in [3.05, 3.63) is 42.0 Å². The van der Waals surface area contributed by atoms with Gasteiger partial charge in [0.15, 0.2) is 0 Å². The van der Waals surface area contributed by atoms with E-state index in [1.807, 2.05) is 26.8 Å². The van der Waals surface area contributed by atoms with Crippen LogP contribution in [0, 0.1) is 0 Å². The van der Waals surface area contributed by atoms with Crippen molar-refractivity contribution in [3.63, 3.8) is 0 Å². The Hall–Kier alpha value is -3.36. The van der Waals surface area contributed by atoms with E-state index in [1.165, 1.54) is 11.9 Å². The van der Waals surface area contributed by atoms with Crippen LogP contribution in [0.1, 0.15) is 71.6 Å². The molecule has 4 N–H and O–H groups in total. The highest BCUT2D eigenvalue weighted by Crippen LogP contribution is 2.24. The van der Waals surface area contributed by atoms with Crippen molar-refractivity contribution in [2.24, 2.45) is 5.73 Å². The van der Waals surface area contributed by atoms with Crippen molar-refractivity contribution in [2.45, 2.75) is 77.6 Å². The number of rotatable bonds is 9. The lowest BCUT2D eigenvalue weighted by Gasteiger charge is -2.33. The summed E-state index contributed by atoms with van der Waals surface area (Å²) in [6.07, 6.45) is 0.653. The first-order valence-electron chi connectivity index (χ1n) is 11.1. The van der Waals surface area contributed by atoms with Gasteiger partial charge in [-0.3, -0.25) is 14.4 Å². The largest absolute Gasteiger partial charge is 0.444 e. The number of carbonyl (C=O) groups is 4. The van der Waals surface area contributed by atoms with E-state index in [0.29, 0.717) is 5.56 Å². The van der Waals surface area contributed by atoms with Crippen LogP contribution in [-0.2, 0) is 19.1 Å². The van der Waals surface area contributed by atoms with E-state index in [4.69, 9.17) is 10.5 Å². The third kappa shape index (κ3) is 9.64. The predicted molar refractivity (Wildman–Crippen MR) is 132 cm³/mol. The van der Waals surface area contributed by atoms with Gasteiger partial charge in [0, 0.05) is 19.0 Å². The lowest BCUT2D eigenvalue weighted by atomic mass is 9.99. The summed E-state index contributed by atoms with van der Waals surface area (Å²) in [4.78, 5) is 51.8. The van der Waals surface area contributed by atoms with Crippen molar-refractivity contribution < 1.29 is 23.9 Å². The Bertz CT molecular complexity index is 915. The van der Waals surface area contributed by atoms with Crippen LogP contribution >= 0.6 is 0 Å². The Morgan fingerprint density at radius 1 is 1.15 bits per heavy atom. The molecule has 0 aliphatic carbocycles. The molecule has 9 nitrogen and oxygen atoms in total. The van der Waals surface area contributed by atoms with Gasteiger partial charge in [0.2, 0.25) is 17.7 Å². The van der Waals surface area contributed by atoms with Gasteiger partial charge >= 0.3 is 6.09 Å².